The highest BCUT2D eigenvalue weighted by Crippen LogP contribution is 2.19. The molecule has 1 N–H and O–H groups in total. The molecule has 0 aliphatic heterocycles. The molecule has 5 heteroatoms. The van der Waals surface area contributed by atoms with E-state index in [0.29, 0.717) is 5.52 Å². The second-order valence-electron chi connectivity index (χ2n) is 3.56. The van der Waals surface area contributed by atoms with Crippen LogP contribution < -0.4 is 0 Å². The number of ketones is 1. The molecule has 0 unspecified atom stereocenters. The Hall–Kier alpha value is -2.48. The van der Waals surface area contributed by atoms with Crippen LogP contribution in [-0.2, 0) is 4.79 Å². The molecule has 17 heavy (non-hydrogen) atoms. The van der Waals surface area contributed by atoms with Crippen molar-refractivity contribution in [3.8, 4) is 6.07 Å². The van der Waals surface area contributed by atoms with Gasteiger partial charge in [0.2, 0.25) is 0 Å². The van der Waals surface area contributed by atoms with Crippen molar-refractivity contribution in [1.82, 2.24) is 10.2 Å². The summed E-state index contributed by atoms with van der Waals surface area (Å²) in [5, 5.41) is 15.9. The van der Waals surface area contributed by atoms with Gasteiger partial charge in [-0.3, -0.25) is 9.89 Å². The Morgan fingerprint density at radius 3 is 3.00 bits per heavy atom. The SMILES string of the molecule is CC(=O)/C(C#N)=C/c1cc2cn[nH]c2cc1F. The van der Waals surface area contributed by atoms with Crippen LogP contribution in [0.5, 0.6) is 0 Å². The summed E-state index contributed by atoms with van der Waals surface area (Å²) in [6, 6.07) is 4.56. The molecule has 0 radical (unpaired) electrons. The Morgan fingerprint density at radius 1 is 1.59 bits per heavy atom. The number of hydrogen-bond donors (Lipinski definition) is 1. The molecule has 0 saturated heterocycles. The van der Waals surface area contributed by atoms with Gasteiger partial charge < -0.3 is 0 Å². The molecule has 0 amide bonds. The number of carbonyl (C=O) groups excluding carboxylic acids is 1. The number of nitrogens with one attached hydrogen (secondary N) is 1. The largest absolute Gasteiger partial charge is 0.294 e. The zero-order valence-electron chi connectivity index (χ0n) is 8.99. The highest BCUT2D eigenvalue weighted by molar-refractivity contribution is 6.02. The van der Waals surface area contributed by atoms with Crippen molar-refractivity contribution in [2.75, 3.05) is 0 Å². The van der Waals surface area contributed by atoms with Crippen molar-refractivity contribution in [1.29, 1.82) is 5.26 Å². The third-order valence-corrected chi connectivity index (χ3v) is 2.36. The molecule has 1 aromatic carbocycles. The minimum atomic E-state index is -0.504. The van der Waals surface area contributed by atoms with E-state index in [0.717, 1.165) is 5.39 Å². The zero-order chi connectivity index (χ0) is 12.4. The molecule has 0 spiro atoms. The number of rotatable bonds is 2. The molecule has 0 saturated carbocycles. The molecule has 0 aliphatic carbocycles. The van der Waals surface area contributed by atoms with Gasteiger partial charge in [-0.15, -0.1) is 0 Å². The van der Waals surface area contributed by atoms with E-state index in [1.807, 2.05) is 0 Å². The first-order valence-electron chi connectivity index (χ1n) is 4.87. The molecule has 0 aliphatic rings. The summed E-state index contributed by atoms with van der Waals surface area (Å²) in [6.07, 6.45) is 2.79. The van der Waals surface area contributed by atoms with E-state index in [-0.39, 0.29) is 16.9 Å². The van der Waals surface area contributed by atoms with Crippen LogP contribution in [0.3, 0.4) is 0 Å². The van der Waals surface area contributed by atoms with Gasteiger partial charge in [-0.1, -0.05) is 0 Å². The number of Topliss-reactive ketones (excluding diaryl/α,β-unsaturated/α-hetero) is 1. The Kier molecular flexibility index (Phi) is 2.71. The Bertz CT molecular complexity index is 664. The predicted molar refractivity (Wildman–Crippen MR) is 60.3 cm³/mol. The molecule has 1 heterocycles. The van der Waals surface area contributed by atoms with Gasteiger partial charge in [0.15, 0.2) is 5.78 Å². The van der Waals surface area contributed by atoms with Gasteiger partial charge in [0.1, 0.15) is 11.9 Å². The molecule has 0 fully saturated rings. The van der Waals surface area contributed by atoms with E-state index in [2.05, 4.69) is 10.2 Å². The van der Waals surface area contributed by atoms with Gasteiger partial charge in [-0.2, -0.15) is 10.4 Å². The normalized spacial score (nSPS) is 11.5. The lowest BCUT2D eigenvalue weighted by Gasteiger charge is -1.98. The first-order chi connectivity index (χ1) is 8.11. The topological polar surface area (TPSA) is 69.5 Å². The minimum absolute atomic E-state index is 0.0771. The van der Waals surface area contributed by atoms with Crippen LogP contribution in [0, 0.1) is 17.1 Å². The molecular formula is C12H8FN3O. The number of nitriles is 1. The average Bonchev–Trinajstić information content (AvgIpc) is 2.72. The fraction of sp³-hybridized carbons (Fsp3) is 0.0833. The number of nitrogens with zero attached hydrogens (tertiary/aromatic N) is 2. The third kappa shape index (κ3) is 2.06. The maximum atomic E-state index is 13.6. The number of aromatic nitrogens is 2. The summed E-state index contributed by atoms with van der Waals surface area (Å²) >= 11 is 0. The van der Waals surface area contributed by atoms with E-state index >= 15 is 0 Å². The molecule has 2 rings (SSSR count). The van der Waals surface area contributed by atoms with Crippen LogP contribution in [0.15, 0.2) is 23.9 Å². The average molecular weight is 229 g/mol. The summed E-state index contributed by atoms with van der Waals surface area (Å²) in [6.45, 7) is 1.27. The summed E-state index contributed by atoms with van der Waals surface area (Å²) in [4.78, 5) is 11.1. The van der Waals surface area contributed by atoms with Gasteiger partial charge in [0, 0.05) is 17.0 Å². The second kappa shape index (κ2) is 4.18. The molecule has 4 nitrogen and oxygen atoms in total. The van der Waals surface area contributed by atoms with E-state index in [4.69, 9.17) is 5.26 Å². The summed E-state index contributed by atoms with van der Waals surface area (Å²) < 4.78 is 13.6. The number of fused-ring (bicyclic) bond motifs is 1. The lowest BCUT2D eigenvalue weighted by molar-refractivity contribution is -0.113. The standard InChI is InChI=1S/C12H8FN3O/c1-7(17)9(5-14)2-8-3-10-6-15-16-12(10)4-11(8)13/h2-4,6H,1H3,(H,15,16)/b9-2+. The van der Waals surface area contributed by atoms with Crippen LogP contribution in [0.1, 0.15) is 12.5 Å². The van der Waals surface area contributed by atoms with E-state index in [1.165, 1.54) is 25.1 Å². The molecule has 1 aromatic heterocycles. The number of carbonyl (C=O) groups is 1. The molecule has 0 bridgehead atoms. The lowest BCUT2D eigenvalue weighted by atomic mass is 10.1. The van der Waals surface area contributed by atoms with Crippen molar-refractivity contribution in [2.45, 2.75) is 6.92 Å². The lowest BCUT2D eigenvalue weighted by Crippen LogP contribution is -1.94. The Morgan fingerprint density at radius 2 is 2.35 bits per heavy atom. The Balaban J connectivity index is 2.59. The first-order valence-corrected chi connectivity index (χ1v) is 4.87. The molecular weight excluding hydrogens is 221 g/mol. The van der Waals surface area contributed by atoms with Crippen LogP contribution in [-0.4, -0.2) is 16.0 Å². The van der Waals surface area contributed by atoms with E-state index in [9.17, 15) is 9.18 Å². The summed E-state index contributed by atoms with van der Waals surface area (Å²) in [7, 11) is 0. The predicted octanol–water partition coefficient (Wildman–Crippen LogP) is 2.20. The second-order valence-corrected chi connectivity index (χ2v) is 3.56. The van der Waals surface area contributed by atoms with E-state index in [1.54, 1.807) is 12.3 Å². The number of hydrogen-bond acceptors (Lipinski definition) is 3. The Labute approximate surface area is 96.4 Å². The highest BCUT2D eigenvalue weighted by Gasteiger charge is 2.07. The smallest absolute Gasteiger partial charge is 0.170 e. The van der Waals surface area contributed by atoms with Crippen molar-refractivity contribution in [2.24, 2.45) is 0 Å². The third-order valence-electron chi connectivity index (χ3n) is 2.36. The summed E-state index contributed by atoms with van der Waals surface area (Å²) in [5.74, 6) is -0.894. The van der Waals surface area contributed by atoms with Gasteiger partial charge in [-0.25, -0.2) is 4.39 Å². The highest BCUT2D eigenvalue weighted by atomic mass is 19.1. The van der Waals surface area contributed by atoms with Crippen LogP contribution in [0.4, 0.5) is 4.39 Å². The number of halogens is 1. The monoisotopic (exact) mass is 229 g/mol. The van der Waals surface area contributed by atoms with Gasteiger partial charge in [-0.05, 0) is 19.1 Å². The minimum Gasteiger partial charge on any atom is -0.294 e. The number of H-pyrrole nitrogens is 1. The fourth-order valence-electron chi connectivity index (χ4n) is 1.46. The van der Waals surface area contributed by atoms with Gasteiger partial charge in [0.25, 0.3) is 0 Å². The number of aromatic amines is 1. The maximum Gasteiger partial charge on any atom is 0.170 e. The fourth-order valence-corrected chi connectivity index (χ4v) is 1.46. The van der Waals surface area contributed by atoms with Crippen molar-refractivity contribution in [3.63, 3.8) is 0 Å². The van der Waals surface area contributed by atoms with E-state index < -0.39 is 5.82 Å². The number of benzene rings is 1. The van der Waals surface area contributed by atoms with Crippen LogP contribution in [0.25, 0.3) is 17.0 Å². The van der Waals surface area contributed by atoms with Crippen LogP contribution in [0.2, 0.25) is 0 Å². The van der Waals surface area contributed by atoms with Crippen molar-refractivity contribution >= 4 is 22.8 Å². The quantitative estimate of drug-likeness (QED) is 0.634. The molecule has 0 atom stereocenters. The van der Waals surface area contributed by atoms with Crippen LogP contribution >= 0.6 is 0 Å². The zero-order valence-corrected chi connectivity index (χ0v) is 8.99. The molecule has 84 valence electrons. The first kappa shape index (κ1) is 11.0. The van der Waals surface area contributed by atoms with Gasteiger partial charge >= 0.3 is 0 Å². The maximum absolute atomic E-state index is 13.6. The summed E-state index contributed by atoms with van der Waals surface area (Å²) in [5.41, 5.74) is 0.693. The van der Waals surface area contributed by atoms with Crippen molar-refractivity contribution < 1.29 is 9.18 Å². The molecule has 2 aromatic rings. The van der Waals surface area contributed by atoms with Crippen molar-refractivity contribution in [3.05, 3.63) is 35.3 Å². The van der Waals surface area contributed by atoms with Gasteiger partial charge in [0.05, 0.1) is 17.3 Å². The number of allylic oxidation sites excluding steroid dienone is 1.